The van der Waals surface area contributed by atoms with Crippen LogP contribution in [0.2, 0.25) is 0 Å². The standard InChI is InChI=1S/C13H18N2O/c14-12(9-5-1-2-6-9)10-7-3-4-8-11(10)13(15)16/h3-4,7-9,12H,1-2,5-6,14H2,(H2,15,16). The lowest BCUT2D eigenvalue weighted by molar-refractivity contribution is 0.0998. The molecular formula is C13H18N2O. The van der Waals surface area contributed by atoms with Crippen LogP contribution in [-0.4, -0.2) is 5.91 Å². The predicted octanol–water partition coefficient (Wildman–Crippen LogP) is 1.98. The van der Waals surface area contributed by atoms with E-state index in [1.54, 1.807) is 6.07 Å². The fourth-order valence-corrected chi connectivity index (χ4v) is 2.58. The van der Waals surface area contributed by atoms with Crippen molar-refractivity contribution in [3.05, 3.63) is 35.4 Å². The van der Waals surface area contributed by atoms with Crippen molar-refractivity contribution in [3.8, 4) is 0 Å². The first kappa shape index (κ1) is 11.1. The lowest BCUT2D eigenvalue weighted by Gasteiger charge is -2.21. The zero-order valence-corrected chi connectivity index (χ0v) is 9.36. The maximum atomic E-state index is 11.3. The third kappa shape index (κ3) is 2.09. The Kier molecular flexibility index (Phi) is 3.25. The second-order valence-electron chi connectivity index (χ2n) is 4.52. The van der Waals surface area contributed by atoms with Crippen molar-refractivity contribution in [2.24, 2.45) is 17.4 Å². The minimum atomic E-state index is -0.385. The van der Waals surface area contributed by atoms with Crippen LogP contribution in [0, 0.1) is 5.92 Å². The molecule has 0 spiro atoms. The fourth-order valence-electron chi connectivity index (χ4n) is 2.58. The molecule has 0 aliphatic heterocycles. The Morgan fingerprint density at radius 2 is 1.88 bits per heavy atom. The summed E-state index contributed by atoms with van der Waals surface area (Å²) in [5.74, 6) is 0.115. The summed E-state index contributed by atoms with van der Waals surface area (Å²) in [5.41, 5.74) is 13.1. The Bertz CT molecular complexity index is 383. The highest BCUT2D eigenvalue weighted by Crippen LogP contribution is 2.35. The van der Waals surface area contributed by atoms with Crippen LogP contribution in [-0.2, 0) is 0 Å². The van der Waals surface area contributed by atoms with Gasteiger partial charge in [-0.2, -0.15) is 0 Å². The van der Waals surface area contributed by atoms with Crippen LogP contribution in [0.15, 0.2) is 24.3 Å². The first-order valence-electron chi connectivity index (χ1n) is 5.84. The van der Waals surface area contributed by atoms with Gasteiger partial charge in [-0.05, 0) is 30.4 Å². The Morgan fingerprint density at radius 3 is 2.50 bits per heavy atom. The van der Waals surface area contributed by atoms with Crippen LogP contribution >= 0.6 is 0 Å². The highest BCUT2D eigenvalue weighted by atomic mass is 16.1. The highest BCUT2D eigenvalue weighted by molar-refractivity contribution is 5.94. The summed E-state index contributed by atoms with van der Waals surface area (Å²) in [6, 6.07) is 7.36. The summed E-state index contributed by atoms with van der Waals surface area (Å²) in [4.78, 5) is 11.3. The molecule has 1 fully saturated rings. The summed E-state index contributed by atoms with van der Waals surface area (Å²) < 4.78 is 0. The van der Waals surface area contributed by atoms with E-state index in [1.165, 1.54) is 12.8 Å². The van der Waals surface area contributed by atoms with Gasteiger partial charge < -0.3 is 11.5 Å². The molecule has 0 radical (unpaired) electrons. The van der Waals surface area contributed by atoms with E-state index in [0.717, 1.165) is 18.4 Å². The van der Waals surface area contributed by atoms with E-state index >= 15 is 0 Å². The molecule has 3 nitrogen and oxygen atoms in total. The van der Waals surface area contributed by atoms with E-state index in [1.807, 2.05) is 18.2 Å². The average molecular weight is 218 g/mol. The fraction of sp³-hybridized carbons (Fsp3) is 0.462. The first-order chi connectivity index (χ1) is 7.70. The van der Waals surface area contributed by atoms with Gasteiger partial charge in [0, 0.05) is 11.6 Å². The van der Waals surface area contributed by atoms with Crippen molar-refractivity contribution < 1.29 is 4.79 Å². The molecule has 0 bridgehead atoms. The van der Waals surface area contributed by atoms with Gasteiger partial charge >= 0.3 is 0 Å². The molecule has 1 aliphatic rings. The maximum Gasteiger partial charge on any atom is 0.249 e. The van der Waals surface area contributed by atoms with E-state index in [0.29, 0.717) is 11.5 Å². The Balaban J connectivity index is 2.27. The zero-order chi connectivity index (χ0) is 11.5. The summed E-state index contributed by atoms with van der Waals surface area (Å²) in [6.07, 6.45) is 4.82. The molecular weight excluding hydrogens is 200 g/mol. The number of nitrogens with two attached hydrogens (primary N) is 2. The molecule has 0 aromatic heterocycles. The molecule has 0 heterocycles. The van der Waals surface area contributed by atoms with Gasteiger partial charge in [0.05, 0.1) is 0 Å². The molecule has 1 amide bonds. The van der Waals surface area contributed by atoms with E-state index in [4.69, 9.17) is 11.5 Å². The topological polar surface area (TPSA) is 69.1 Å². The molecule has 1 atom stereocenters. The van der Waals surface area contributed by atoms with Crippen LogP contribution in [0.4, 0.5) is 0 Å². The molecule has 4 N–H and O–H groups in total. The van der Waals surface area contributed by atoms with Crippen LogP contribution < -0.4 is 11.5 Å². The van der Waals surface area contributed by atoms with Gasteiger partial charge in [-0.3, -0.25) is 4.79 Å². The van der Waals surface area contributed by atoms with Crippen molar-refractivity contribution in [2.75, 3.05) is 0 Å². The lowest BCUT2D eigenvalue weighted by atomic mass is 9.89. The quantitative estimate of drug-likeness (QED) is 0.814. The number of hydrogen-bond acceptors (Lipinski definition) is 2. The smallest absolute Gasteiger partial charge is 0.249 e. The predicted molar refractivity (Wildman–Crippen MR) is 63.8 cm³/mol. The van der Waals surface area contributed by atoms with Gasteiger partial charge in [-0.15, -0.1) is 0 Å². The van der Waals surface area contributed by atoms with Crippen molar-refractivity contribution in [3.63, 3.8) is 0 Å². The van der Waals surface area contributed by atoms with E-state index in [-0.39, 0.29) is 11.9 Å². The van der Waals surface area contributed by atoms with Gasteiger partial charge in [0.25, 0.3) is 0 Å². The number of amides is 1. The number of benzene rings is 1. The normalized spacial score (nSPS) is 18.6. The second-order valence-corrected chi connectivity index (χ2v) is 4.52. The van der Waals surface area contributed by atoms with Gasteiger partial charge in [-0.25, -0.2) is 0 Å². The molecule has 3 heteroatoms. The largest absolute Gasteiger partial charge is 0.366 e. The first-order valence-corrected chi connectivity index (χ1v) is 5.84. The third-order valence-electron chi connectivity index (χ3n) is 3.49. The molecule has 1 saturated carbocycles. The molecule has 1 aromatic rings. The van der Waals surface area contributed by atoms with Crippen molar-refractivity contribution >= 4 is 5.91 Å². The molecule has 86 valence electrons. The van der Waals surface area contributed by atoms with E-state index in [2.05, 4.69) is 0 Å². The van der Waals surface area contributed by atoms with Crippen molar-refractivity contribution in [2.45, 2.75) is 31.7 Å². The van der Waals surface area contributed by atoms with Crippen molar-refractivity contribution in [1.29, 1.82) is 0 Å². The summed E-state index contributed by atoms with van der Waals surface area (Å²) in [5, 5.41) is 0. The lowest BCUT2D eigenvalue weighted by Crippen LogP contribution is -2.23. The average Bonchev–Trinajstić information content (AvgIpc) is 2.81. The van der Waals surface area contributed by atoms with Crippen LogP contribution in [0.25, 0.3) is 0 Å². The van der Waals surface area contributed by atoms with Crippen LogP contribution in [0.3, 0.4) is 0 Å². The minimum Gasteiger partial charge on any atom is -0.366 e. The van der Waals surface area contributed by atoms with Crippen LogP contribution in [0.5, 0.6) is 0 Å². The number of carbonyl (C=O) groups is 1. The number of rotatable bonds is 3. The molecule has 16 heavy (non-hydrogen) atoms. The molecule has 1 aliphatic carbocycles. The van der Waals surface area contributed by atoms with E-state index < -0.39 is 0 Å². The Labute approximate surface area is 95.8 Å². The van der Waals surface area contributed by atoms with Gasteiger partial charge in [0.15, 0.2) is 0 Å². The van der Waals surface area contributed by atoms with Crippen molar-refractivity contribution in [1.82, 2.24) is 0 Å². The third-order valence-corrected chi connectivity index (χ3v) is 3.49. The van der Waals surface area contributed by atoms with Crippen LogP contribution in [0.1, 0.15) is 47.6 Å². The number of primary amides is 1. The molecule has 1 aromatic carbocycles. The number of hydrogen-bond donors (Lipinski definition) is 2. The molecule has 0 saturated heterocycles. The Morgan fingerprint density at radius 1 is 1.25 bits per heavy atom. The maximum absolute atomic E-state index is 11.3. The van der Waals surface area contributed by atoms with E-state index in [9.17, 15) is 4.79 Å². The SMILES string of the molecule is NC(=O)c1ccccc1C(N)C1CCCC1. The minimum absolute atomic E-state index is 0.0498. The molecule has 1 unspecified atom stereocenters. The monoisotopic (exact) mass is 218 g/mol. The number of carbonyl (C=O) groups excluding carboxylic acids is 1. The summed E-state index contributed by atoms with van der Waals surface area (Å²) in [7, 11) is 0. The summed E-state index contributed by atoms with van der Waals surface area (Å²) >= 11 is 0. The molecule has 2 rings (SSSR count). The van der Waals surface area contributed by atoms with Gasteiger partial charge in [0.2, 0.25) is 5.91 Å². The highest BCUT2D eigenvalue weighted by Gasteiger charge is 2.25. The Hall–Kier alpha value is -1.35. The summed E-state index contributed by atoms with van der Waals surface area (Å²) in [6.45, 7) is 0. The van der Waals surface area contributed by atoms with Gasteiger partial charge in [0.1, 0.15) is 0 Å². The zero-order valence-electron chi connectivity index (χ0n) is 9.36. The van der Waals surface area contributed by atoms with Gasteiger partial charge in [-0.1, -0.05) is 31.0 Å². The second kappa shape index (κ2) is 4.66.